The van der Waals surface area contributed by atoms with Crippen molar-refractivity contribution in [3.05, 3.63) is 0 Å². The third-order valence-electron chi connectivity index (χ3n) is 3.06. The Hall–Kier alpha value is -0.120. The van der Waals surface area contributed by atoms with Gasteiger partial charge in [-0.3, -0.25) is 0 Å². The minimum absolute atomic E-state index is 0.484. The largest absolute Gasteiger partial charge is 0.383 e. The fourth-order valence-corrected chi connectivity index (χ4v) is 2.34. The highest BCUT2D eigenvalue weighted by molar-refractivity contribution is 4.79. The maximum Gasteiger partial charge on any atom is 0.0613 e. The van der Waals surface area contributed by atoms with Crippen LogP contribution in [0.4, 0.5) is 0 Å². The van der Waals surface area contributed by atoms with Crippen LogP contribution in [-0.2, 0) is 4.74 Å². The summed E-state index contributed by atoms with van der Waals surface area (Å²) in [5, 5.41) is 3.63. The Kier molecular flexibility index (Phi) is 6.22. The van der Waals surface area contributed by atoms with E-state index in [1.165, 1.54) is 38.9 Å². The zero-order valence-electron chi connectivity index (χ0n) is 10.5. The molecule has 3 heteroatoms. The van der Waals surface area contributed by atoms with Gasteiger partial charge in [0.2, 0.25) is 0 Å². The van der Waals surface area contributed by atoms with Crippen molar-refractivity contribution >= 4 is 0 Å². The second-order valence-corrected chi connectivity index (χ2v) is 4.64. The lowest BCUT2D eigenvalue weighted by Crippen LogP contribution is -2.46. The quantitative estimate of drug-likeness (QED) is 0.725. The van der Waals surface area contributed by atoms with Crippen molar-refractivity contribution in [2.45, 2.75) is 45.2 Å². The Balaban J connectivity index is 2.14. The molecule has 1 aliphatic heterocycles. The molecule has 1 unspecified atom stereocenters. The van der Waals surface area contributed by atoms with Gasteiger partial charge in [0.25, 0.3) is 0 Å². The predicted octanol–water partition coefficient (Wildman–Crippen LogP) is 1.49. The van der Waals surface area contributed by atoms with Crippen LogP contribution in [0.5, 0.6) is 0 Å². The average molecular weight is 214 g/mol. The normalized spacial score (nSPS) is 21.8. The standard InChI is InChI=1S/C12H26N2O/c1-4-7-14-8-5-12(6-9-14)13-11(2)10-15-3/h11-13H,4-10H2,1-3H3. The molecule has 0 amide bonds. The van der Waals surface area contributed by atoms with Gasteiger partial charge in [0.1, 0.15) is 0 Å². The van der Waals surface area contributed by atoms with Crippen molar-refractivity contribution in [2.75, 3.05) is 33.4 Å². The molecule has 1 atom stereocenters. The third kappa shape index (κ3) is 4.96. The van der Waals surface area contributed by atoms with Crippen LogP contribution in [-0.4, -0.2) is 50.3 Å². The molecule has 3 nitrogen and oxygen atoms in total. The van der Waals surface area contributed by atoms with Gasteiger partial charge in [-0.25, -0.2) is 0 Å². The number of hydrogen-bond acceptors (Lipinski definition) is 3. The fraction of sp³-hybridized carbons (Fsp3) is 1.00. The number of nitrogens with one attached hydrogen (secondary N) is 1. The summed E-state index contributed by atoms with van der Waals surface area (Å²) >= 11 is 0. The minimum Gasteiger partial charge on any atom is -0.383 e. The summed E-state index contributed by atoms with van der Waals surface area (Å²) in [6.45, 7) is 9.04. The predicted molar refractivity (Wildman–Crippen MR) is 64.2 cm³/mol. The Morgan fingerprint density at radius 1 is 1.40 bits per heavy atom. The first-order chi connectivity index (χ1) is 7.26. The van der Waals surface area contributed by atoms with E-state index in [0.717, 1.165) is 6.61 Å². The van der Waals surface area contributed by atoms with Gasteiger partial charge in [0.15, 0.2) is 0 Å². The smallest absolute Gasteiger partial charge is 0.0613 e. The Bertz CT molecular complexity index is 156. The van der Waals surface area contributed by atoms with Crippen molar-refractivity contribution in [1.29, 1.82) is 0 Å². The van der Waals surface area contributed by atoms with Crippen LogP contribution in [0.25, 0.3) is 0 Å². The van der Waals surface area contributed by atoms with E-state index in [0.29, 0.717) is 12.1 Å². The molecule has 90 valence electrons. The van der Waals surface area contributed by atoms with Gasteiger partial charge >= 0.3 is 0 Å². The first kappa shape index (κ1) is 12.9. The van der Waals surface area contributed by atoms with Crippen LogP contribution in [0.15, 0.2) is 0 Å². The lowest BCUT2D eigenvalue weighted by molar-refractivity contribution is 0.147. The highest BCUT2D eigenvalue weighted by Gasteiger charge is 2.19. The molecule has 1 heterocycles. The highest BCUT2D eigenvalue weighted by atomic mass is 16.5. The first-order valence-corrected chi connectivity index (χ1v) is 6.23. The van der Waals surface area contributed by atoms with E-state index in [9.17, 15) is 0 Å². The molecule has 0 aliphatic carbocycles. The first-order valence-electron chi connectivity index (χ1n) is 6.23. The van der Waals surface area contributed by atoms with Crippen LogP contribution in [0.2, 0.25) is 0 Å². The summed E-state index contributed by atoms with van der Waals surface area (Å²) in [4.78, 5) is 2.57. The van der Waals surface area contributed by atoms with Crippen LogP contribution < -0.4 is 5.32 Å². The van der Waals surface area contributed by atoms with Crippen LogP contribution in [0, 0.1) is 0 Å². The molecule has 1 aliphatic rings. The minimum atomic E-state index is 0.484. The van der Waals surface area contributed by atoms with Gasteiger partial charge < -0.3 is 15.0 Å². The Labute approximate surface area is 94.2 Å². The van der Waals surface area contributed by atoms with Crippen LogP contribution in [0.1, 0.15) is 33.1 Å². The number of likely N-dealkylation sites (tertiary alicyclic amines) is 1. The van der Waals surface area contributed by atoms with Gasteiger partial charge in [-0.2, -0.15) is 0 Å². The fourth-order valence-electron chi connectivity index (χ4n) is 2.34. The van der Waals surface area contributed by atoms with Gasteiger partial charge in [-0.15, -0.1) is 0 Å². The Morgan fingerprint density at radius 3 is 2.60 bits per heavy atom. The van der Waals surface area contributed by atoms with Gasteiger partial charge in [0, 0.05) is 19.2 Å². The van der Waals surface area contributed by atoms with Gasteiger partial charge in [-0.1, -0.05) is 6.92 Å². The lowest BCUT2D eigenvalue weighted by Gasteiger charge is -2.33. The van der Waals surface area contributed by atoms with Crippen LogP contribution >= 0.6 is 0 Å². The third-order valence-corrected chi connectivity index (χ3v) is 3.06. The topological polar surface area (TPSA) is 24.5 Å². The molecule has 1 fully saturated rings. The molecule has 1 saturated heterocycles. The number of nitrogens with zero attached hydrogens (tertiary/aromatic N) is 1. The summed E-state index contributed by atoms with van der Waals surface area (Å²) in [6, 6.07) is 1.18. The molecule has 0 radical (unpaired) electrons. The highest BCUT2D eigenvalue weighted by Crippen LogP contribution is 2.11. The number of hydrogen-bond donors (Lipinski definition) is 1. The van der Waals surface area contributed by atoms with Crippen molar-refractivity contribution < 1.29 is 4.74 Å². The van der Waals surface area contributed by atoms with Crippen molar-refractivity contribution in [2.24, 2.45) is 0 Å². The maximum absolute atomic E-state index is 5.13. The van der Waals surface area contributed by atoms with E-state index >= 15 is 0 Å². The van der Waals surface area contributed by atoms with E-state index in [1.807, 2.05) is 0 Å². The molecule has 0 aromatic carbocycles. The molecule has 0 bridgehead atoms. The maximum atomic E-state index is 5.13. The zero-order chi connectivity index (χ0) is 11.1. The van der Waals surface area contributed by atoms with E-state index in [1.54, 1.807) is 7.11 Å². The van der Waals surface area contributed by atoms with E-state index in [-0.39, 0.29) is 0 Å². The number of methoxy groups -OCH3 is 1. The Morgan fingerprint density at radius 2 is 2.07 bits per heavy atom. The summed E-state index contributed by atoms with van der Waals surface area (Å²) in [5.41, 5.74) is 0. The monoisotopic (exact) mass is 214 g/mol. The van der Waals surface area contributed by atoms with Crippen molar-refractivity contribution in [3.8, 4) is 0 Å². The summed E-state index contributed by atoms with van der Waals surface area (Å²) < 4.78 is 5.13. The van der Waals surface area contributed by atoms with Crippen molar-refractivity contribution in [3.63, 3.8) is 0 Å². The molecular weight excluding hydrogens is 188 g/mol. The van der Waals surface area contributed by atoms with E-state index in [2.05, 4.69) is 24.1 Å². The summed E-state index contributed by atoms with van der Waals surface area (Å²) in [5.74, 6) is 0. The average Bonchev–Trinajstić information content (AvgIpc) is 2.22. The molecule has 1 N–H and O–H groups in total. The molecular formula is C12H26N2O. The second-order valence-electron chi connectivity index (χ2n) is 4.64. The van der Waals surface area contributed by atoms with E-state index in [4.69, 9.17) is 4.74 Å². The summed E-state index contributed by atoms with van der Waals surface area (Å²) in [7, 11) is 1.77. The molecule has 0 spiro atoms. The zero-order valence-corrected chi connectivity index (χ0v) is 10.5. The second kappa shape index (κ2) is 7.20. The van der Waals surface area contributed by atoms with E-state index < -0.39 is 0 Å². The molecule has 0 aromatic heterocycles. The number of rotatable bonds is 6. The number of piperidine rings is 1. The number of ether oxygens (including phenoxy) is 1. The lowest BCUT2D eigenvalue weighted by atomic mass is 10.0. The van der Waals surface area contributed by atoms with Gasteiger partial charge in [-0.05, 0) is 45.8 Å². The molecule has 1 rings (SSSR count). The van der Waals surface area contributed by atoms with Gasteiger partial charge in [0.05, 0.1) is 6.61 Å². The summed E-state index contributed by atoms with van der Waals surface area (Å²) in [6.07, 6.45) is 3.85. The molecule has 15 heavy (non-hydrogen) atoms. The molecule has 0 saturated carbocycles. The SMILES string of the molecule is CCCN1CCC(NC(C)COC)CC1. The van der Waals surface area contributed by atoms with Crippen molar-refractivity contribution in [1.82, 2.24) is 10.2 Å². The van der Waals surface area contributed by atoms with Crippen LogP contribution in [0.3, 0.4) is 0 Å². The molecule has 0 aromatic rings.